The second-order valence-corrected chi connectivity index (χ2v) is 7.18. The van der Waals surface area contributed by atoms with Gasteiger partial charge in [-0.25, -0.2) is 18.6 Å². The Kier molecular flexibility index (Phi) is 5.51. The minimum Gasteiger partial charge on any atom is -0.396 e. The normalized spacial score (nSPS) is 11.4. The first-order chi connectivity index (χ1) is 14.9. The molecule has 0 fully saturated rings. The fourth-order valence-electron chi connectivity index (χ4n) is 3.57. The highest BCUT2D eigenvalue weighted by molar-refractivity contribution is 5.77. The van der Waals surface area contributed by atoms with E-state index >= 15 is 0 Å². The lowest BCUT2D eigenvalue weighted by Crippen LogP contribution is -2.39. The van der Waals surface area contributed by atoms with Crippen LogP contribution < -0.4 is 11.2 Å². The molecule has 0 aliphatic rings. The van der Waals surface area contributed by atoms with E-state index in [1.54, 1.807) is 30.3 Å². The van der Waals surface area contributed by atoms with Crippen LogP contribution in [-0.4, -0.2) is 30.4 Å². The van der Waals surface area contributed by atoms with Gasteiger partial charge in [-0.1, -0.05) is 24.3 Å². The molecule has 0 bridgehead atoms. The van der Waals surface area contributed by atoms with Gasteiger partial charge >= 0.3 is 5.69 Å². The minimum absolute atomic E-state index is 0.0364. The lowest BCUT2D eigenvalue weighted by Gasteiger charge is -2.11. The average Bonchev–Trinajstić information content (AvgIpc) is 3.13. The number of nitrogens with zero attached hydrogens (tertiary/aromatic N) is 4. The third-order valence-corrected chi connectivity index (χ3v) is 5.14. The number of imidazole rings is 1. The summed E-state index contributed by atoms with van der Waals surface area (Å²) in [5, 5.41) is 9.13. The number of aromatic nitrogens is 4. The number of aryl methyl sites for hydroxylation is 1. The molecule has 1 N–H and O–H groups in total. The predicted octanol–water partition coefficient (Wildman–Crippen LogP) is 2.27. The van der Waals surface area contributed by atoms with Crippen molar-refractivity contribution in [1.29, 1.82) is 0 Å². The maximum absolute atomic E-state index is 14.6. The maximum Gasteiger partial charge on any atom is 0.332 e. The van der Waals surface area contributed by atoms with Crippen LogP contribution in [0.4, 0.5) is 8.78 Å². The summed E-state index contributed by atoms with van der Waals surface area (Å²) in [6.07, 6.45) is 0.229. The molecule has 0 aliphatic heterocycles. The van der Waals surface area contributed by atoms with Crippen molar-refractivity contribution < 1.29 is 13.9 Å². The molecule has 4 rings (SSSR count). The summed E-state index contributed by atoms with van der Waals surface area (Å²) >= 11 is 0. The van der Waals surface area contributed by atoms with Crippen LogP contribution in [0, 0.1) is 11.6 Å². The summed E-state index contributed by atoms with van der Waals surface area (Å²) in [4.78, 5) is 30.4. The molecule has 0 amide bonds. The zero-order chi connectivity index (χ0) is 22.1. The molecule has 0 saturated carbocycles. The van der Waals surface area contributed by atoms with Crippen LogP contribution in [0.1, 0.15) is 12.0 Å². The fraction of sp³-hybridized carbons (Fsp3) is 0.227. The van der Waals surface area contributed by atoms with E-state index in [1.807, 2.05) is 0 Å². The Labute approximate surface area is 175 Å². The van der Waals surface area contributed by atoms with E-state index in [-0.39, 0.29) is 48.7 Å². The molecular weight excluding hydrogens is 406 g/mol. The van der Waals surface area contributed by atoms with Gasteiger partial charge in [0.15, 0.2) is 11.2 Å². The average molecular weight is 426 g/mol. The van der Waals surface area contributed by atoms with Gasteiger partial charge in [0.2, 0.25) is 0 Å². The third kappa shape index (κ3) is 3.68. The van der Waals surface area contributed by atoms with Crippen molar-refractivity contribution in [2.75, 3.05) is 6.61 Å². The van der Waals surface area contributed by atoms with Crippen molar-refractivity contribution in [3.05, 3.63) is 86.6 Å². The molecule has 0 aliphatic carbocycles. The van der Waals surface area contributed by atoms with E-state index in [4.69, 9.17) is 5.11 Å². The van der Waals surface area contributed by atoms with Crippen LogP contribution in [0.3, 0.4) is 0 Å². The number of fused-ring (bicyclic) bond motifs is 1. The van der Waals surface area contributed by atoms with E-state index in [2.05, 4.69) is 4.98 Å². The van der Waals surface area contributed by atoms with Gasteiger partial charge in [0.25, 0.3) is 5.56 Å². The third-order valence-electron chi connectivity index (χ3n) is 5.14. The number of halogens is 2. The summed E-state index contributed by atoms with van der Waals surface area (Å²) < 4.78 is 31.8. The van der Waals surface area contributed by atoms with Crippen molar-refractivity contribution in [2.45, 2.75) is 19.5 Å². The number of rotatable bonds is 6. The lowest BCUT2D eigenvalue weighted by atomic mass is 10.2. The molecular formula is C22H20F2N4O3. The van der Waals surface area contributed by atoms with E-state index in [1.165, 1.54) is 34.4 Å². The summed E-state index contributed by atoms with van der Waals surface area (Å²) in [6.45, 7) is -0.0223. The van der Waals surface area contributed by atoms with E-state index in [0.29, 0.717) is 5.56 Å². The summed E-state index contributed by atoms with van der Waals surface area (Å²) in [7, 11) is 1.49. The Morgan fingerprint density at radius 2 is 1.71 bits per heavy atom. The molecule has 9 heteroatoms. The SMILES string of the molecule is Cn1c(=O)n(CCCO)c(=O)c2c1nc(-c1ccccc1F)n2Cc1ccc(F)cc1. The van der Waals surface area contributed by atoms with Crippen LogP contribution >= 0.6 is 0 Å². The highest BCUT2D eigenvalue weighted by atomic mass is 19.1. The zero-order valence-corrected chi connectivity index (χ0v) is 16.8. The molecule has 0 atom stereocenters. The Hall–Kier alpha value is -3.59. The number of hydrogen-bond acceptors (Lipinski definition) is 4. The van der Waals surface area contributed by atoms with Gasteiger partial charge in [0.1, 0.15) is 17.5 Å². The molecule has 2 aromatic heterocycles. The van der Waals surface area contributed by atoms with Gasteiger partial charge in [-0.2, -0.15) is 0 Å². The molecule has 4 aromatic rings. The number of benzene rings is 2. The molecule has 0 unspecified atom stereocenters. The molecule has 31 heavy (non-hydrogen) atoms. The van der Waals surface area contributed by atoms with E-state index in [9.17, 15) is 18.4 Å². The first-order valence-electron chi connectivity index (χ1n) is 9.72. The van der Waals surface area contributed by atoms with Crippen LogP contribution in [-0.2, 0) is 20.1 Å². The Morgan fingerprint density at radius 1 is 1.00 bits per heavy atom. The van der Waals surface area contributed by atoms with Crippen LogP contribution in [0.5, 0.6) is 0 Å². The van der Waals surface area contributed by atoms with E-state index in [0.717, 1.165) is 4.57 Å². The molecule has 160 valence electrons. The van der Waals surface area contributed by atoms with Crippen molar-refractivity contribution >= 4 is 11.2 Å². The van der Waals surface area contributed by atoms with Crippen molar-refractivity contribution in [2.24, 2.45) is 7.05 Å². The van der Waals surface area contributed by atoms with Gasteiger partial charge < -0.3 is 9.67 Å². The second-order valence-electron chi connectivity index (χ2n) is 7.18. The lowest BCUT2D eigenvalue weighted by molar-refractivity contribution is 0.277. The van der Waals surface area contributed by atoms with Crippen molar-refractivity contribution in [1.82, 2.24) is 18.7 Å². The van der Waals surface area contributed by atoms with Gasteiger partial charge in [0, 0.05) is 26.7 Å². The number of aliphatic hydroxyl groups is 1. The minimum atomic E-state index is -0.580. The topological polar surface area (TPSA) is 82.0 Å². The number of aliphatic hydroxyl groups excluding tert-OH is 1. The van der Waals surface area contributed by atoms with Crippen molar-refractivity contribution in [3.8, 4) is 11.4 Å². The van der Waals surface area contributed by atoms with Crippen LogP contribution in [0.15, 0.2) is 58.1 Å². The highest BCUT2D eigenvalue weighted by Gasteiger charge is 2.22. The maximum atomic E-state index is 14.6. The largest absolute Gasteiger partial charge is 0.396 e. The first kappa shape index (κ1) is 20.7. The second kappa shape index (κ2) is 8.27. The highest BCUT2D eigenvalue weighted by Crippen LogP contribution is 2.26. The van der Waals surface area contributed by atoms with Gasteiger partial charge in [-0.05, 0) is 36.2 Å². The van der Waals surface area contributed by atoms with Gasteiger partial charge in [0.05, 0.1) is 5.56 Å². The van der Waals surface area contributed by atoms with Crippen molar-refractivity contribution in [3.63, 3.8) is 0 Å². The Bertz CT molecular complexity index is 1370. The fourth-order valence-corrected chi connectivity index (χ4v) is 3.57. The molecule has 0 spiro atoms. The molecule has 2 aromatic carbocycles. The van der Waals surface area contributed by atoms with Crippen LogP contribution in [0.25, 0.3) is 22.6 Å². The molecule has 0 saturated heterocycles. The smallest absolute Gasteiger partial charge is 0.332 e. The molecule has 7 nitrogen and oxygen atoms in total. The van der Waals surface area contributed by atoms with Crippen LogP contribution in [0.2, 0.25) is 0 Å². The monoisotopic (exact) mass is 426 g/mol. The summed E-state index contributed by atoms with van der Waals surface area (Å²) in [6, 6.07) is 11.8. The quantitative estimate of drug-likeness (QED) is 0.513. The summed E-state index contributed by atoms with van der Waals surface area (Å²) in [5.41, 5.74) is -0.0533. The van der Waals surface area contributed by atoms with Gasteiger partial charge in [-0.3, -0.25) is 13.9 Å². The zero-order valence-electron chi connectivity index (χ0n) is 16.8. The summed E-state index contributed by atoms with van der Waals surface area (Å²) in [5.74, 6) is -0.740. The Balaban J connectivity index is 2.04. The number of hydrogen-bond donors (Lipinski definition) is 1. The van der Waals surface area contributed by atoms with Gasteiger partial charge in [-0.15, -0.1) is 0 Å². The molecule has 2 heterocycles. The molecule has 0 radical (unpaired) electrons. The Morgan fingerprint density at radius 3 is 2.39 bits per heavy atom. The first-order valence-corrected chi connectivity index (χ1v) is 9.72. The van der Waals surface area contributed by atoms with E-state index < -0.39 is 22.9 Å². The predicted molar refractivity (Wildman–Crippen MR) is 112 cm³/mol. The standard InChI is InChI=1S/C22H20F2N4O3/c1-26-20-18(21(30)27(22(26)31)11-4-12-29)28(13-14-7-9-15(23)10-8-14)19(25-20)16-5-2-3-6-17(16)24/h2-3,5-10,29H,4,11-13H2,1H3.